The number of nitrogens with zero attached hydrogens (tertiary/aromatic N) is 1. The maximum absolute atomic E-state index is 5.41. The summed E-state index contributed by atoms with van der Waals surface area (Å²) in [6.07, 6.45) is 0.242. The molecule has 0 bridgehead atoms. The van der Waals surface area contributed by atoms with E-state index in [0.29, 0.717) is 25.6 Å². The van der Waals surface area contributed by atoms with Crippen molar-refractivity contribution in [3.8, 4) is 0 Å². The summed E-state index contributed by atoms with van der Waals surface area (Å²) in [5, 5.41) is 0. The van der Waals surface area contributed by atoms with Gasteiger partial charge in [0.05, 0.1) is 31.6 Å². The van der Waals surface area contributed by atoms with Crippen molar-refractivity contribution in [2.75, 3.05) is 18.6 Å². The molecule has 0 atom stereocenters. The van der Waals surface area contributed by atoms with Crippen LogP contribution in [0.25, 0.3) is 0 Å². The van der Waals surface area contributed by atoms with E-state index < -0.39 is 0 Å². The van der Waals surface area contributed by atoms with Crippen molar-refractivity contribution in [2.45, 2.75) is 26.6 Å². The number of ether oxygens (including phenoxy) is 2. The van der Waals surface area contributed by atoms with Gasteiger partial charge in [-0.25, -0.2) is 10.8 Å². The Kier molecular flexibility index (Phi) is 5.77. The number of pyridine rings is 1. The fourth-order valence-corrected chi connectivity index (χ4v) is 1.16. The SMILES string of the molecule is CC(C)OCCOCc1cccc(NN)n1. The Balaban J connectivity index is 2.21. The van der Waals surface area contributed by atoms with Gasteiger partial charge < -0.3 is 14.9 Å². The van der Waals surface area contributed by atoms with Crippen LogP contribution in [0.2, 0.25) is 0 Å². The van der Waals surface area contributed by atoms with E-state index in [9.17, 15) is 0 Å². The Morgan fingerprint density at radius 3 is 2.88 bits per heavy atom. The molecule has 0 aliphatic carbocycles. The number of hydrogen-bond acceptors (Lipinski definition) is 5. The summed E-state index contributed by atoms with van der Waals surface area (Å²) in [6, 6.07) is 5.57. The van der Waals surface area contributed by atoms with Crippen LogP contribution < -0.4 is 11.3 Å². The first-order valence-electron chi connectivity index (χ1n) is 5.34. The van der Waals surface area contributed by atoms with Crippen molar-refractivity contribution in [3.05, 3.63) is 23.9 Å². The number of rotatable bonds is 7. The van der Waals surface area contributed by atoms with Crippen LogP contribution in [0.4, 0.5) is 5.82 Å². The Labute approximate surface area is 95.9 Å². The van der Waals surface area contributed by atoms with Crippen LogP contribution in [0.3, 0.4) is 0 Å². The zero-order valence-electron chi connectivity index (χ0n) is 9.77. The lowest BCUT2D eigenvalue weighted by molar-refractivity contribution is 0.0136. The number of nitrogen functional groups attached to an aromatic ring is 1. The first-order valence-corrected chi connectivity index (χ1v) is 5.34. The second-order valence-corrected chi connectivity index (χ2v) is 3.63. The van der Waals surface area contributed by atoms with Crippen molar-refractivity contribution < 1.29 is 9.47 Å². The molecule has 0 unspecified atom stereocenters. The summed E-state index contributed by atoms with van der Waals surface area (Å²) < 4.78 is 10.8. The summed E-state index contributed by atoms with van der Waals surface area (Å²) in [6.45, 7) is 5.64. The third kappa shape index (κ3) is 5.06. The Hall–Kier alpha value is -1.17. The summed E-state index contributed by atoms with van der Waals surface area (Å²) in [7, 11) is 0. The lowest BCUT2D eigenvalue weighted by Gasteiger charge is -2.08. The molecule has 0 aliphatic heterocycles. The molecule has 0 saturated carbocycles. The predicted octanol–water partition coefficient (Wildman–Crippen LogP) is 1.31. The maximum atomic E-state index is 5.41. The molecular weight excluding hydrogens is 206 g/mol. The van der Waals surface area contributed by atoms with Crippen LogP contribution >= 0.6 is 0 Å². The van der Waals surface area contributed by atoms with Crippen LogP contribution in [0.15, 0.2) is 18.2 Å². The molecule has 5 nitrogen and oxygen atoms in total. The molecule has 0 aromatic carbocycles. The fourth-order valence-electron chi connectivity index (χ4n) is 1.16. The molecule has 0 saturated heterocycles. The number of hydrogen-bond donors (Lipinski definition) is 2. The Bertz CT molecular complexity index is 305. The van der Waals surface area contributed by atoms with Crippen LogP contribution in [0.1, 0.15) is 19.5 Å². The Morgan fingerprint density at radius 1 is 1.38 bits per heavy atom. The van der Waals surface area contributed by atoms with Crippen LogP contribution in [-0.4, -0.2) is 24.3 Å². The molecule has 0 fully saturated rings. The van der Waals surface area contributed by atoms with Gasteiger partial charge in [-0.3, -0.25) is 0 Å². The van der Waals surface area contributed by atoms with Crippen LogP contribution in [-0.2, 0) is 16.1 Å². The van der Waals surface area contributed by atoms with Gasteiger partial charge in [0.25, 0.3) is 0 Å². The number of anilines is 1. The summed E-state index contributed by atoms with van der Waals surface area (Å²) in [5.74, 6) is 5.89. The van der Waals surface area contributed by atoms with E-state index >= 15 is 0 Å². The number of aromatic nitrogens is 1. The first kappa shape index (κ1) is 12.9. The van der Waals surface area contributed by atoms with E-state index in [2.05, 4.69) is 10.4 Å². The average molecular weight is 225 g/mol. The monoisotopic (exact) mass is 225 g/mol. The molecule has 0 aliphatic rings. The van der Waals surface area contributed by atoms with E-state index in [1.165, 1.54) is 0 Å². The minimum atomic E-state index is 0.242. The normalized spacial score (nSPS) is 10.8. The number of nitrogens with two attached hydrogens (primary N) is 1. The molecule has 3 N–H and O–H groups in total. The third-order valence-corrected chi connectivity index (χ3v) is 1.88. The van der Waals surface area contributed by atoms with Crippen molar-refractivity contribution in [1.29, 1.82) is 0 Å². The van der Waals surface area contributed by atoms with E-state index in [1.54, 1.807) is 6.07 Å². The predicted molar refractivity (Wildman–Crippen MR) is 62.8 cm³/mol. The van der Waals surface area contributed by atoms with Gasteiger partial charge in [-0.2, -0.15) is 0 Å². The lowest BCUT2D eigenvalue weighted by atomic mass is 10.3. The molecule has 1 heterocycles. The zero-order valence-corrected chi connectivity index (χ0v) is 9.77. The van der Waals surface area contributed by atoms with Gasteiger partial charge in [0.1, 0.15) is 5.82 Å². The Morgan fingerprint density at radius 2 is 2.19 bits per heavy atom. The summed E-state index contributed by atoms with van der Waals surface area (Å²) in [4.78, 5) is 4.22. The van der Waals surface area contributed by atoms with Gasteiger partial charge in [-0.1, -0.05) is 6.07 Å². The minimum Gasteiger partial charge on any atom is -0.376 e. The van der Waals surface area contributed by atoms with Gasteiger partial charge in [-0.05, 0) is 26.0 Å². The second kappa shape index (κ2) is 7.16. The quantitative estimate of drug-likeness (QED) is 0.416. The molecule has 1 rings (SSSR count). The first-order chi connectivity index (χ1) is 7.72. The second-order valence-electron chi connectivity index (χ2n) is 3.63. The van der Waals surface area contributed by atoms with Gasteiger partial charge in [0.2, 0.25) is 0 Å². The smallest absolute Gasteiger partial charge is 0.140 e. The average Bonchev–Trinajstić information content (AvgIpc) is 2.28. The molecule has 16 heavy (non-hydrogen) atoms. The number of nitrogens with one attached hydrogen (secondary N) is 1. The standard InChI is InChI=1S/C11H19N3O2/c1-9(2)16-7-6-15-8-10-4-3-5-11(13-10)14-12/h3-5,9H,6-8,12H2,1-2H3,(H,13,14). The summed E-state index contributed by atoms with van der Waals surface area (Å²) >= 11 is 0. The van der Waals surface area contributed by atoms with E-state index in [0.717, 1.165) is 5.69 Å². The molecule has 1 aromatic heterocycles. The zero-order chi connectivity index (χ0) is 11.8. The largest absolute Gasteiger partial charge is 0.376 e. The van der Waals surface area contributed by atoms with Crippen molar-refractivity contribution in [1.82, 2.24) is 4.98 Å². The number of hydrazine groups is 1. The van der Waals surface area contributed by atoms with Crippen LogP contribution in [0.5, 0.6) is 0 Å². The molecule has 0 spiro atoms. The molecule has 5 heteroatoms. The van der Waals surface area contributed by atoms with E-state index in [1.807, 2.05) is 26.0 Å². The van der Waals surface area contributed by atoms with Crippen molar-refractivity contribution >= 4 is 5.82 Å². The topological polar surface area (TPSA) is 69.4 Å². The van der Waals surface area contributed by atoms with Gasteiger partial charge in [-0.15, -0.1) is 0 Å². The highest BCUT2D eigenvalue weighted by atomic mass is 16.5. The van der Waals surface area contributed by atoms with E-state index in [4.69, 9.17) is 15.3 Å². The highest BCUT2D eigenvalue weighted by molar-refractivity contribution is 5.33. The molecule has 90 valence electrons. The highest BCUT2D eigenvalue weighted by Gasteiger charge is 1.97. The highest BCUT2D eigenvalue weighted by Crippen LogP contribution is 2.04. The molecule has 1 aromatic rings. The third-order valence-electron chi connectivity index (χ3n) is 1.88. The minimum absolute atomic E-state index is 0.242. The molecule has 0 amide bonds. The maximum Gasteiger partial charge on any atom is 0.140 e. The molecular formula is C11H19N3O2. The fraction of sp³-hybridized carbons (Fsp3) is 0.545. The van der Waals surface area contributed by atoms with Gasteiger partial charge in [0.15, 0.2) is 0 Å². The summed E-state index contributed by atoms with van der Waals surface area (Å²) in [5.41, 5.74) is 3.34. The van der Waals surface area contributed by atoms with Gasteiger partial charge in [0, 0.05) is 0 Å². The van der Waals surface area contributed by atoms with E-state index in [-0.39, 0.29) is 6.10 Å². The van der Waals surface area contributed by atoms with Crippen molar-refractivity contribution in [2.24, 2.45) is 5.84 Å². The lowest BCUT2D eigenvalue weighted by Crippen LogP contribution is -2.11. The van der Waals surface area contributed by atoms with Crippen molar-refractivity contribution in [3.63, 3.8) is 0 Å². The molecule has 0 radical (unpaired) electrons. The van der Waals surface area contributed by atoms with Gasteiger partial charge >= 0.3 is 0 Å². The van der Waals surface area contributed by atoms with Crippen LogP contribution in [0, 0.1) is 0 Å².